The number of benzene rings is 1. The Morgan fingerprint density at radius 1 is 1.28 bits per heavy atom. The fourth-order valence-corrected chi connectivity index (χ4v) is 1.65. The average molecular weight is 249 g/mol. The van der Waals surface area contributed by atoms with E-state index in [0.29, 0.717) is 11.8 Å². The van der Waals surface area contributed by atoms with Gasteiger partial charge in [-0.25, -0.2) is 4.39 Å². The molecule has 0 aliphatic carbocycles. The van der Waals surface area contributed by atoms with Crippen molar-refractivity contribution in [3.63, 3.8) is 0 Å². The first kappa shape index (κ1) is 12.5. The molecule has 1 aromatic carbocycles. The Balaban J connectivity index is 2.40. The maximum absolute atomic E-state index is 13.3. The van der Waals surface area contributed by atoms with E-state index in [2.05, 4.69) is 10.1 Å². The lowest BCUT2D eigenvalue weighted by molar-refractivity contribution is 0.332. The van der Waals surface area contributed by atoms with Crippen LogP contribution < -0.4 is 4.90 Å². The second-order valence-electron chi connectivity index (χ2n) is 4.93. The zero-order valence-corrected chi connectivity index (χ0v) is 10.9. The monoisotopic (exact) mass is 249 g/mol. The van der Waals surface area contributed by atoms with Gasteiger partial charge in [-0.15, -0.1) is 0 Å². The van der Waals surface area contributed by atoms with E-state index in [9.17, 15) is 4.39 Å². The van der Waals surface area contributed by atoms with Gasteiger partial charge in [0.15, 0.2) is 0 Å². The highest BCUT2D eigenvalue weighted by Gasteiger charge is 2.30. The van der Waals surface area contributed by atoms with Crippen molar-refractivity contribution in [1.29, 1.82) is 0 Å². The molecule has 18 heavy (non-hydrogen) atoms. The molecule has 0 unspecified atom stereocenters. The molecular formula is C13H16FN3O. The number of hydrogen-bond acceptors (Lipinski definition) is 4. The molecule has 0 saturated heterocycles. The van der Waals surface area contributed by atoms with Crippen LogP contribution in [0.5, 0.6) is 0 Å². The summed E-state index contributed by atoms with van der Waals surface area (Å²) in [6.07, 6.45) is 0. The molecule has 1 aromatic heterocycles. The van der Waals surface area contributed by atoms with Crippen LogP contribution in [0, 0.1) is 5.82 Å². The lowest BCUT2D eigenvalue weighted by atomic mass is 9.84. The highest BCUT2D eigenvalue weighted by Crippen LogP contribution is 2.31. The third kappa shape index (κ3) is 2.20. The minimum atomic E-state index is -0.524. The Bertz CT molecular complexity index is 549. The lowest BCUT2D eigenvalue weighted by Gasteiger charge is -2.20. The Morgan fingerprint density at radius 2 is 2.00 bits per heavy atom. The van der Waals surface area contributed by atoms with Crippen LogP contribution in [0.3, 0.4) is 0 Å². The van der Waals surface area contributed by atoms with Crippen LogP contribution in [0.25, 0.3) is 0 Å². The Morgan fingerprint density at radius 3 is 2.56 bits per heavy atom. The van der Waals surface area contributed by atoms with Crippen molar-refractivity contribution < 1.29 is 8.91 Å². The summed E-state index contributed by atoms with van der Waals surface area (Å²) in [6, 6.07) is 6.43. The fraction of sp³-hybridized carbons (Fsp3) is 0.385. The molecule has 0 bridgehead atoms. The number of nitrogens with zero attached hydrogens (tertiary/aromatic N) is 3. The van der Waals surface area contributed by atoms with Gasteiger partial charge in [0.05, 0.1) is 5.41 Å². The molecule has 2 aromatic rings. The van der Waals surface area contributed by atoms with Gasteiger partial charge in [0.2, 0.25) is 5.89 Å². The molecule has 1 heterocycles. The fourth-order valence-electron chi connectivity index (χ4n) is 1.65. The van der Waals surface area contributed by atoms with Gasteiger partial charge in [-0.3, -0.25) is 0 Å². The predicted octanol–water partition coefficient (Wildman–Crippen LogP) is 2.60. The van der Waals surface area contributed by atoms with Crippen molar-refractivity contribution in [2.75, 3.05) is 19.0 Å². The van der Waals surface area contributed by atoms with Crippen LogP contribution in [0.2, 0.25) is 0 Å². The topological polar surface area (TPSA) is 42.2 Å². The van der Waals surface area contributed by atoms with Crippen LogP contribution in [0.4, 0.5) is 10.3 Å². The minimum absolute atomic E-state index is 0.270. The van der Waals surface area contributed by atoms with Crippen molar-refractivity contribution in [2.24, 2.45) is 0 Å². The van der Waals surface area contributed by atoms with E-state index in [1.54, 1.807) is 11.0 Å². The van der Waals surface area contributed by atoms with Gasteiger partial charge in [0.25, 0.3) is 5.95 Å². The van der Waals surface area contributed by atoms with Crippen LogP contribution in [-0.4, -0.2) is 24.2 Å². The molecule has 0 saturated carbocycles. The van der Waals surface area contributed by atoms with Gasteiger partial charge in [0.1, 0.15) is 5.82 Å². The number of halogens is 1. The van der Waals surface area contributed by atoms with E-state index >= 15 is 0 Å². The molecule has 0 fully saturated rings. The van der Waals surface area contributed by atoms with Gasteiger partial charge < -0.3 is 9.42 Å². The molecule has 0 radical (unpaired) electrons. The van der Waals surface area contributed by atoms with Crippen LogP contribution in [0.1, 0.15) is 25.3 Å². The summed E-state index contributed by atoms with van der Waals surface area (Å²) >= 11 is 0. The number of rotatable bonds is 3. The van der Waals surface area contributed by atoms with E-state index in [0.717, 1.165) is 5.56 Å². The van der Waals surface area contributed by atoms with Gasteiger partial charge >= 0.3 is 0 Å². The van der Waals surface area contributed by atoms with Crippen molar-refractivity contribution in [1.82, 2.24) is 10.1 Å². The van der Waals surface area contributed by atoms with Crippen molar-refractivity contribution in [3.05, 3.63) is 41.5 Å². The summed E-state index contributed by atoms with van der Waals surface area (Å²) in [7, 11) is 3.67. The molecule has 0 aliphatic heterocycles. The van der Waals surface area contributed by atoms with Crippen molar-refractivity contribution >= 4 is 5.95 Å². The van der Waals surface area contributed by atoms with Gasteiger partial charge in [0, 0.05) is 14.1 Å². The van der Waals surface area contributed by atoms with Crippen LogP contribution >= 0.6 is 0 Å². The van der Waals surface area contributed by atoms with Gasteiger partial charge in [-0.2, -0.15) is 4.98 Å². The van der Waals surface area contributed by atoms with E-state index in [1.807, 2.05) is 34.0 Å². The van der Waals surface area contributed by atoms with Gasteiger partial charge in [-0.05, 0) is 36.7 Å². The van der Waals surface area contributed by atoms with Crippen LogP contribution in [0.15, 0.2) is 28.8 Å². The summed E-state index contributed by atoms with van der Waals surface area (Å²) in [5, 5.41) is 3.88. The Hall–Kier alpha value is -1.91. The normalized spacial score (nSPS) is 11.6. The third-order valence-corrected chi connectivity index (χ3v) is 2.90. The predicted molar refractivity (Wildman–Crippen MR) is 67.2 cm³/mol. The SMILES string of the molecule is CN(C)c1noc(C(C)(C)c2cccc(F)c2)n1. The quantitative estimate of drug-likeness (QED) is 0.838. The summed E-state index contributed by atoms with van der Waals surface area (Å²) in [6.45, 7) is 3.85. The zero-order chi connectivity index (χ0) is 13.3. The molecular weight excluding hydrogens is 233 g/mol. The molecule has 96 valence electrons. The van der Waals surface area contributed by atoms with E-state index in [1.165, 1.54) is 12.1 Å². The molecule has 0 amide bonds. The summed E-state index contributed by atoms with van der Waals surface area (Å²) in [5.74, 6) is 0.708. The molecule has 5 heteroatoms. The maximum Gasteiger partial charge on any atom is 0.265 e. The van der Waals surface area contributed by atoms with Crippen molar-refractivity contribution in [2.45, 2.75) is 19.3 Å². The summed E-state index contributed by atoms with van der Waals surface area (Å²) in [4.78, 5) is 6.07. The lowest BCUT2D eigenvalue weighted by Crippen LogP contribution is -2.20. The molecule has 0 spiro atoms. The minimum Gasteiger partial charge on any atom is -0.344 e. The third-order valence-electron chi connectivity index (χ3n) is 2.90. The highest BCUT2D eigenvalue weighted by molar-refractivity contribution is 5.33. The average Bonchev–Trinajstić information content (AvgIpc) is 2.79. The molecule has 4 nitrogen and oxygen atoms in total. The number of aromatic nitrogens is 2. The second-order valence-corrected chi connectivity index (χ2v) is 4.93. The Kier molecular flexibility index (Phi) is 3.07. The maximum atomic E-state index is 13.3. The van der Waals surface area contributed by atoms with Gasteiger partial charge in [-0.1, -0.05) is 12.1 Å². The number of anilines is 1. The number of hydrogen-bond donors (Lipinski definition) is 0. The smallest absolute Gasteiger partial charge is 0.265 e. The molecule has 2 rings (SSSR count). The van der Waals surface area contributed by atoms with Crippen molar-refractivity contribution in [3.8, 4) is 0 Å². The van der Waals surface area contributed by atoms with Crippen LogP contribution in [-0.2, 0) is 5.41 Å². The molecule has 0 aliphatic rings. The zero-order valence-electron chi connectivity index (χ0n) is 10.9. The highest BCUT2D eigenvalue weighted by atomic mass is 19.1. The van der Waals surface area contributed by atoms with E-state index < -0.39 is 5.41 Å². The molecule has 0 atom stereocenters. The molecule has 0 N–H and O–H groups in total. The van der Waals surface area contributed by atoms with E-state index in [4.69, 9.17) is 4.52 Å². The standard InChI is InChI=1S/C13H16FN3O/c1-13(2,9-6-5-7-10(14)8-9)11-15-12(16-18-11)17(3)4/h5-8H,1-4H3. The summed E-state index contributed by atoms with van der Waals surface area (Å²) in [5.41, 5.74) is 0.278. The first-order valence-electron chi connectivity index (χ1n) is 5.69. The van der Waals surface area contributed by atoms with E-state index in [-0.39, 0.29) is 5.82 Å². The second kappa shape index (κ2) is 4.40. The first-order valence-corrected chi connectivity index (χ1v) is 5.69. The first-order chi connectivity index (χ1) is 8.41. The summed E-state index contributed by atoms with van der Waals surface area (Å²) < 4.78 is 18.5. The Labute approximate surface area is 105 Å². The largest absolute Gasteiger partial charge is 0.344 e.